The van der Waals surface area contributed by atoms with Crippen molar-refractivity contribution in [2.45, 2.75) is 37.9 Å². The Balaban J connectivity index is 1.60. The van der Waals surface area contributed by atoms with Gasteiger partial charge in [-0.1, -0.05) is 90.5 Å². The van der Waals surface area contributed by atoms with Gasteiger partial charge in [0.2, 0.25) is 0 Å². The second kappa shape index (κ2) is 12.2. The molecule has 192 valence electrons. The summed E-state index contributed by atoms with van der Waals surface area (Å²) in [6, 6.07) is 34.4. The maximum absolute atomic E-state index is 13.8. The molecule has 4 aromatic carbocycles. The molecule has 0 saturated heterocycles. The zero-order valence-corrected chi connectivity index (χ0v) is 22.2. The third-order valence-corrected chi connectivity index (χ3v) is 8.05. The summed E-state index contributed by atoms with van der Waals surface area (Å²) in [5.41, 5.74) is 4.74. The molecule has 0 aliphatic carbocycles. The van der Waals surface area contributed by atoms with Crippen LogP contribution in [0, 0.1) is 13.8 Å². The molecule has 0 amide bonds. The summed E-state index contributed by atoms with van der Waals surface area (Å²) in [5, 5.41) is 11.3. The van der Waals surface area contributed by atoms with E-state index in [0.29, 0.717) is 25.3 Å². The fraction of sp³-hybridized carbons (Fsp3) is 0.226. The number of aliphatic hydroxyl groups excluding tert-OH is 1. The van der Waals surface area contributed by atoms with Crippen LogP contribution in [0.25, 0.3) is 0 Å². The number of rotatable bonds is 11. The van der Waals surface area contributed by atoms with Crippen LogP contribution < -0.4 is 4.31 Å². The number of anilines is 1. The van der Waals surface area contributed by atoms with Crippen LogP contribution in [-0.2, 0) is 23.1 Å². The van der Waals surface area contributed by atoms with Crippen LogP contribution in [0.5, 0.6) is 0 Å². The van der Waals surface area contributed by atoms with Gasteiger partial charge in [0.25, 0.3) is 10.0 Å². The quantitative estimate of drug-likeness (QED) is 0.285. The molecule has 0 unspecified atom stereocenters. The summed E-state index contributed by atoms with van der Waals surface area (Å²) < 4.78 is 28.9. The molecule has 0 heterocycles. The average Bonchev–Trinajstić information content (AvgIpc) is 2.88. The Morgan fingerprint density at radius 1 is 0.676 bits per heavy atom. The van der Waals surface area contributed by atoms with Gasteiger partial charge in [0, 0.05) is 19.6 Å². The molecule has 0 spiro atoms. The number of aryl methyl sites for hydroxylation is 2. The van der Waals surface area contributed by atoms with Crippen molar-refractivity contribution in [3.8, 4) is 0 Å². The van der Waals surface area contributed by atoms with Crippen LogP contribution in [0.3, 0.4) is 0 Å². The van der Waals surface area contributed by atoms with Crippen molar-refractivity contribution in [1.29, 1.82) is 0 Å². The maximum Gasteiger partial charge on any atom is 0.264 e. The highest BCUT2D eigenvalue weighted by atomic mass is 32.2. The van der Waals surface area contributed by atoms with Gasteiger partial charge in [-0.25, -0.2) is 8.42 Å². The van der Waals surface area contributed by atoms with Gasteiger partial charge in [-0.15, -0.1) is 0 Å². The van der Waals surface area contributed by atoms with Crippen LogP contribution in [0.2, 0.25) is 0 Å². The first-order valence-electron chi connectivity index (χ1n) is 12.5. The van der Waals surface area contributed by atoms with Gasteiger partial charge in [-0.05, 0) is 54.8 Å². The lowest BCUT2D eigenvalue weighted by Crippen LogP contribution is -2.42. The molecule has 0 fully saturated rings. The lowest BCUT2D eigenvalue weighted by Gasteiger charge is -2.30. The zero-order valence-electron chi connectivity index (χ0n) is 21.4. The van der Waals surface area contributed by atoms with E-state index in [1.165, 1.54) is 4.31 Å². The van der Waals surface area contributed by atoms with Crippen LogP contribution in [0.4, 0.5) is 5.69 Å². The Labute approximate surface area is 220 Å². The van der Waals surface area contributed by atoms with Gasteiger partial charge in [-0.3, -0.25) is 9.21 Å². The van der Waals surface area contributed by atoms with E-state index < -0.39 is 16.1 Å². The van der Waals surface area contributed by atoms with Crippen LogP contribution in [0.15, 0.2) is 114 Å². The van der Waals surface area contributed by atoms with E-state index >= 15 is 0 Å². The minimum absolute atomic E-state index is 0.0558. The number of sulfonamides is 1. The Kier molecular flexibility index (Phi) is 8.77. The number of hydrogen-bond donors (Lipinski definition) is 1. The Hall–Kier alpha value is -3.45. The molecule has 6 heteroatoms. The number of hydrogen-bond acceptors (Lipinski definition) is 4. The molecule has 0 aromatic heterocycles. The summed E-state index contributed by atoms with van der Waals surface area (Å²) in [5.74, 6) is 0. The second-order valence-electron chi connectivity index (χ2n) is 9.48. The van der Waals surface area contributed by atoms with Crippen LogP contribution >= 0.6 is 0 Å². The summed E-state index contributed by atoms with van der Waals surface area (Å²) in [4.78, 5) is 2.36. The van der Waals surface area contributed by atoms with E-state index in [2.05, 4.69) is 29.2 Å². The largest absolute Gasteiger partial charge is 0.390 e. The molecule has 1 atom stereocenters. The van der Waals surface area contributed by atoms with Crippen molar-refractivity contribution in [3.63, 3.8) is 0 Å². The van der Waals surface area contributed by atoms with Crippen molar-refractivity contribution in [3.05, 3.63) is 131 Å². The number of benzene rings is 4. The molecule has 0 radical (unpaired) electrons. The van der Waals surface area contributed by atoms with E-state index in [-0.39, 0.29) is 11.4 Å². The second-order valence-corrected chi connectivity index (χ2v) is 11.3. The van der Waals surface area contributed by atoms with Crippen molar-refractivity contribution in [1.82, 2.24) is 4.90 Å². The van der Waals surface area contributed by atoms with E-state index in [4.69, 9.17) is 0 Å². The van der Waals surface area contributed by atoms with Crippen LogP contribution in [-0.4, -0.2) is 37.6 Å². The van der Waals surface area contributed by atoms with Gasteiger partial charge >= 0.3 is 0 Å². The SMILES string of the molecule is Cc1ccc(S(=O)(=O)N(C[C@@H](O)CN(Cc2ccccc2)Cc2ccccc2)c2cccc(C)c2)cc1. The average molecular weight is 515 g/mol. The van der Waals surface area contributed by atoms with Gasteiger partial charge < -0.3 is 5.11 Å². The third-order valence-electron chi connectivity index (χ3n) is 6.24. The lowest BCUT2D eigenvalue weighted by molar-refractivity contribution is 0.111. The summed E-state index contributed by atoms with van der Waals surface area (Å²) in [6.07, 6.45) is -0.909. The number of nitrogens with zero attached hydrogens (tertiary/aromatic N) is 2. The summed E-state index contributed by atoms with van der Waals surface area (Å²) >= 11 is 0. The maximum atomic E-state index is 13.8. The van der Waals surface area contributed by atoms with Crippen molar-refractivity contribution < 1.29 is 13.5 Å². The minimum Gasteiger partial charge on any atom is -0.390 e. The van der Waals surface area contributed by atoms with Crippen molar-refractivity contribution >= 4 is 15.7 Å². The van der Waals surface area contributed by atoms with E-state index in [1.807, 2.05) is 68.4 Å². The Morgan fingerprint density at radius 2 is 1.24 bits per heavy atom. The molecule has 37 heavy (non-hydrogen) atoms. The highest BCUT2D eigenvalue weighted by Crippen LogP contribution is 2.25. The first kappa shape index (κ1) is 26.6. The van der Waals surface area contributed by atoms with Crippen LogP contribution in [0.1, 0.15) is 22.3 Å². The monoisotopic (exact) mass is 514 g/mol. The Morgan fingerprint density at radius 3 is 1.78 bits per heavy atom. The highest BCUT2D eigenvalue weighted by molar-refractivity contribution is 7.92. The standard InChI is InChI=1S/C31H34N2O3S/c1-25-16-18-31(19-17-25)37(35,36)33(29-15-9-10-26(2)20-29)24-30(34)23-32(21-27-11-5-3-6-12-27)22-28-13-7-4-8-14-28/h3-20,30,34H,21-24H2,1-2H3/t30-/m0/s1. The van der Waals surface area contributed by atoms with Gasteiger partial charge in [0.05, 0.1) is 23.2 Å². The van der Waals surface area contributed by atoms with E-state index in [9.17, 15) is 13.5 Å². The minimum atomic E-state index is -3.88. The topological polar surface area (TPSA) is 60.9 Å². The summed E-state index contributed by atoms with van der Waals surface area (Å²) in [7, 11) is -3.88. The smallest absolute Gasteiger partial charge is 0.264 e. The molecule has 5 nitrogen and oxygen atoms in total. The molecule has 4 rings (SSSR count). The molecular weight excluding hydrogens is 480 g/mol. The van der Waals surface area contributed by atoms with E-state index in [1.54, 1.807) is 30.3 Å². The molecule has 4 aromatic rings. The lowest BCUT2D eigenvalue weighted by atomic mass is 10.1. The van der Waals surface area contributed by atoms with E-state index in [0.717, 1.165) is 22.3 Å². The zero-order chi connectivity index (χ0) is 26.3. The third kappa shape index (κ3) is 7.29. The molecule has 0 aliphatic rings. The molecule has 0 bridgehead atoms. The fourth-order valence-corrected chi connectivity index (χ4v) is 5.87. The Bertz CT molecular complexity index is 1330. The van der Waals surface area contributed by atoms with Crippen molar-refractivity contribution in [2.75, 3.05) is 17.4 Å². The van der Waals surface area contributed by atoms with Gasteiger partial charge in [0.1, 0.15) is 0 Å². The molecule has 0 aliphatic heterocycles. The van der Waals surface area contributed by atoms with Gasteiger partial charge in [-0.2, -0.15) is 0 Å². The van der Waals surface area contributed by atoms with Crippen molar-refractivity contribution in [2.24, 2.45) is 0 Å². The first-order chi connectivity index (χ1) is 17.8. The fourth-order valence-electron chi connectivity index (χ4n) is 4.38. The summed E-state index contributed by atoms with van der Waals surface area (Å²) in [6.45, 7) is 5.39. The molecular formula is C31H34N2O3S. The predicted molar refractivity (Wildman–Crippen MR) is 150 cm³/mol. The first-order valence-corrected chi connectivity index (χ1v) is 13.9. The van der Waals surface area contributed by atoms with Gasteiger partial charge in [0.15, 0.2) is 0 Å². The molecule has 1 N–H and O–H groups in total. The highest BCUT2D eigenvalue weighted by Gasteiger charge is 2.28. The normalized spacial score (nSPS) is 12.4. The predicted octanol–water partition coefficient (Wildman–Crippen LogP) is 5.56. The molecule has 0 saturated carbocycles. The number of aliphatic hydroxyl groups is 1.